The molecule has 0 saturated carbocycles. The monoisotopic (exact) mass is 304 g/mol. The topological polar surface area (TPSA) is 41.8 Å². The maximum atomic E-state index is 13.4. The molecule has 0 spiro atoms. The highest BCUT2D eigenvalue weighted by molar-refractivity contribution is 7.99. The van der Waals surface area contributed by atoms with Crippen LogP contribution in [0.4, 0.5) is 8.78 Å². The van der Waals surface area contributed by atoms with E-state index in [2.05, 4.69) is 4.98 Å². The average Bonchev–Trinajstić information content (AvgIpc) is 2.84. The number of fused-ring (bicyclic) bond motifs is 1. The van der Waals surface area contributed by atoms with Crippen molar-refractivity contribution in [1.29, 1.82) is 0 Å². The summed E-state index contributed by atoms with van der Waals surface area (Å²) in [4.78, 5) is 4.92. The summed E-state index contributed by atoms with van der Waals surface area (Å²) < 4.78 is 26.7. The van der Waals surface area contributed by atoms with Crippen molar-refractivity contribution in [2.45, 2.75) is 16.2 Å². The van der Waals surface area contributed by atoms with Crippen LogP contribution in [0.1, 0.15) is 5.56 Å². The fourth-order valence-corrected chi connectivity index (χ4v) is 3.34. The van der Waals surface area contributed by atoms with Crippen molar-refractivity contribution in [3.63, 3.8) is 0 Å². The predicted molar refractivity (Wildman–Crippen MR) is 81.5 cm³/mol. The predicted octanol–water partition coefficient (Wildman–Crippen LogP) is 4.10. The summed E-state index contributed by atoms with van der Waals surface area (Å²) in [6, 6.07) is 10.4. The van der Waals surface area contributed by atoms with E-state index in [1.54, 1.807) is 6.20 Å². The number of hydrogen-bond acceptors (Lipinski definition) is 2. The Labute approximate surface area is 125 Å². The molecule has 1 aromatic heterocycles. The van der Waals surface area contributed by atoms with Gasteiger partial charge in [-0.1, -0.05) is 30.0 Å². The van der Waals surface area contributed by atoms with Crippen LogP contribution in [0.25, 0.3) is 10.9 Å². The average molecular weight is 304 g/mol. The third kappa shape index (κ3) is 2.80. The smallest absolute Gasteiger partial charge is 0.160 e. The van der Waals surface area contributed by atoms with E-state index in [0.29, 0.717) is 17.4 Å². The lowest BCUT2D eigenvalue weighted by Crippen LogP contribution is -2.03. The van der Waals surface area contributed by atoms with Crippen molar-refractivity contribution in [2.75, 3.05) is 6.54 Å². The van der Waals surface area contributed by atoms with Crippen LogP contribution in [-0.4, -0.2) is 11.5 Å². The fraction of sp³-hybridized carbons (Fsp3) is 0.125. The summed E-state index contributed by atoms with van der Waals surface area (Å²) in [6.45, 7) is 0.575. The van der Waals surface area contributed by atoms with Crippen LogP contribution < -0.4 is 5.73 Å². The maximum Gasteiger partial charge on any atom is 0.160 e. The van der Waals surface area contributed by atoms with Crippen molar-refractivity contribution in [3.05, 3.63) is 59.8 Å². The minimum atomic E-state index is -0.843. The SMILES string of the molecule is NCCc1ccccc1Sc1c[nH]c2cc(F)c(F)cc12. The fourth-order valence-electron chi connectivity index (χ4n) is 2.26. The molecule has 108 valence electrons. The van der Waals surface area contributed by atoms with Crippen molar-refractivity contribution in [1.82, 2.24) is 4.98 Å². The number of rotatable bonds is 4. The second-order valence-electron chi connectivity index (χ2n) is 4.71. The maximum absolute atomic E-state index is 13.4. The second-order valence-corrected chi connectivity index (χ2v) is 5.80. The standard InChI is InChI=1S/C16H14F2N2S/c17-12-7-11-14(8-13(12)18)20-9-16(11)21-15-4-2-1-3-10(15)5-6-19/h1-4,7-9,20H,5-6,19H2. The van der Waals surface area contributed by atoms with Gasteiger partial charge in [-0.15, -0.1) is 0 Å². The summed E-state index contributed by atoms with van der Waals surface area (Å²) in [5.74, 6) is -1.68. The van der Waals surface area contributed by atoms with E-state index < -0.39 is 11.6 Å². The Morgan fingerprint density at radius 2 is 1.81 bits per heavy atom. The third-order valence-corrected chi connectivity index (χ3v) is 4.47. The summed E-state index contributed by atoms with van der Waals surface area (Å²) in [7, 11) is 0. The van der Waals surface area contributed by atoms with E-state index in [1.807, 2.05) is 24.3 Å². The molecule has 3 aromatic rings. The van der Waals surface area contributed by atoms with Gasteiger partial charge in [-0.2, -0.15) is 0 Å². The molecule has 0 radical (unpaired) electrons. The van der Waals surface area contributed by atoms with Gasteiger partial charge in [0.25, 0.3) is 0 Å². The molecule has 0 atom stereocenters. The molecular formula is C16H14F2N2S. The Morgan fingerprint density at radius 3 is 2.62 bits per heavy atom. The van der Waals surface area contributed by atoms with Crippen molar-refractivity contribution in [3.8, 4) is 0 Å². The Hall–Kier alpha value is -1.85. The number of halogens is 2. The lowest BCUT2D eigenvalue weighted by Gasteiger charge is -2.07. The molecule has 0 bridgehead atoms. The third-order valence-electron chi connectivity index (χ3n) is 3.29. The van der Waals surface area contributed by atoms with E-state index in [4.69, 9.17) is 5.73 Å². The van der Waals surface area contributed by atoms with Crippen LogP contribution >= 0.6 is 11.8 Å². The van der Waals surface area contributed by atoms with Gasteiger partial charge in [-0.05, 0) is 30.7 Å². The molecule has 1 heterocycles. The van der Waals surface area contributed by atoms with E-state index in [1.165, 1.54) is 23.9 Å². The van der Waals surface area contributed by atoms with E-state index in [0.717, 1.165) is 21.8 Å². The van der Waals surface area contributed by atoms with Gasteiger partial charge >= 0.3 is 0 Å². The van der Waals surface area contributed by atoms with Crippen LogP contribution in [0.3, 0.4) is 0 Å². The van der Waals surface area contributed by atoms with Gasteiger partial charge in [0.1, 0.15) is 0 Å². The Kier molecular flexibility index (Phi) is 3.94. The van der Waals surface area contributed by atoms with Crippen molar-refractivity contribution in [2.24, 2.45) is 5.73 Å². The highest BCUT2D eigenvalue weighted by Gasteiger charge is 2.11. The normalized spacial score (nSPS) is 11.2. The zero-order valence-electron chi connectivity index (χ0n) is 11.2. The number of hydrogen-bond donors (Lipinski definition) is 2. The number of H-pyrrole nitrogens is 1. The number of aromatic amines is 1. The zero-order valence-corrected chi connectivity index (χ0v) is 12.0. The molecule has 21 heavy (non-hydrogen) atoms. The number of aromatic nitrogens is 1. The Morgan fingerprint density at radius 1 is 1.05 bits per heavy atom. The molecule has 0 aliphatic heterocycles. The summed E-state index contributed by atoms with van der Waals surface area (Å²) >= 11 is 1.53. The molecule has 0 saturated heterocycles. The molecule has 2 nitrogen and oxygen atoms in total. The molecule has 0 fully saturated rings. The molecule has 5 heteroatoms. The van der Waals surface area contributed by atoms with Gasteiger partial charge in [-0.3, -0.25) is 0 Å². The highest BCUT2D eigenvalue weighted by Crippen LogP contribution is 2.36. The van der Waals surface area contributed by atoms with Crippen molar-refractivity contribution < 1.29 is 8.78 Å². The number of benzene rings is 2. The van der Waals surface area contributed by atoms with Gasteiger partial charge in [0.15, 0.2) is 11.6 Å². The summed E-state index contributed by atoms with van der Waals surface area (Å²) in [5, 5.41) is 0.682. The highest BCUT2D eigenvalue weighted by atomic mass is 32.2. The number of nitrogens with two attached hydrogens (primary N) is 1. The van der Waals surface area contributed by atoms with E-state index >= 15 is 0 Å². The molecule has 3 rings (SSSR count). The first-order valence-corrected chi connectivity index (χ1v) is 7.42. The number of nitrogens with one attached hydrogen (secondary N) is 1. The van der Waals surface area contributed by atoms with Crippen molar-refractivity contribution >= 4 is 22.7 Å². The molecule has 0 aliphatic carbocycles. The summed E-state index contributed by atoms with van der Waals surface area (Å²) in [5.41, 5.74) is 7.37. The molecular weight excluding hydrogens is 290 g/mol. The molecule has 0 amide bonds. The van der Waals surface area contributed by atoms with Gasteiger partial charge < -0.3 is 10.7 Å². The minimum Gasteiger partial charge on any atom is -0.360 e. The minimum absolute atomic E-state index is 0.575. The lowest BCUT2D eigenvalue weighted by atomic mass is 10.1. The van der Waals surface area contributed by atoms with E-state index in [-0.39, 0.29) is 0 Å². The van der Waals surface area contributed by atoms with Gasteiger partial charge in [-0.25, -0.2) is 8.78 Å². The van der Waals surface area contributed by atoms with Gasteiger partial charge in [0, 0.05) is 33.0 Å². The van der Waals surface area contributed by atoms with Crippen LogP contribution in [0, 0.1) is 11.6 Å². The van der Waals surface area contributed by atoms with Crippen LogP contribution in [0.15, 0.2) is 52.4 Å². The molecule has 2 aromatic carbocycles. The molecule has 3 N–H and O–H groups in total. The quantitative estimate of drug-likeness (QED) is 0.762. The van der Waals surface area contributed by atoms with Gasteiger partial charge in [0.05, 0.1) is 0 Å². The van der Waals surface area contributed by atoms with Crippen LogP contribution in [-0.2, 0) is 6.42 Å². The molecule has 0 aliphatic rings. The largest absolute Gasteiger partial charge is 0.360 e. The lowest BCUT2D eigenvalue weighted by molar-refractivity contribution is 0.510. The van der Waals surface area contributed by atoms with E-state index in [9.17, 15) is 8.78 Å². The van der Waals surface area contributed by atoms with Gasteiger partial charge in [0.2, 0.25) is 0 Å². The first-order valence-electron chi connectivity index (χ1n) is 6.61. The summed E-state index contributed by atoms with van der Waals surface area (Å²) in [6.07, 6.45) is 2.56. The first kappa shape index (κ1) is 14.1. The zero-order chi connectivity index (χ0) is 14.8. The first-order chi connectivity index (χ1) is 10.2. The Balaban J connectivity index is 2.01. The van der Waals surface area contributed by atoms with Crippen LogP contribution in [0.2, 0.25) is 0 Å². The second kappa shape index (κ2) is 5.87. The Bertz CT molecular complexity index is 783. The van der Waals surface area contributed by atoms with Crippen LogP contribution in [0.5, 0.6) is 0 Å². The molecule has 0 unspecified atom stereocenters.